The van der Waals surface area contributed by atoms with Gasteiger partial charge in [-0.05, 0) is 0 Å². The molecule has 6 heteroatoms. The molecule has 1 heterocycles. The number of rotatable bonds is 4. The minimum absolute atomic E-state index is 0.103. The quantitative estimate of drug-likeness (QED) is 0.784. The minimum atomic E-state index is -3.11. The number of thioether (sulfide) groups is 1. The third kappa shape index (κ3) is 3.96. The van der Waals surface area contributed by atoms with Gasteiger partial charge in [0.2, 0.25) is 0 Å². The van der Waals surface area contributed by atoms with Crippen LogP contribution in [-0.4, -0.2) is 54.8 Å². The van der Waals surface area contributed by atoms with Crippen molar-refractivity contribution in [3.05, 3.63) is 0 Å². The van der Waals surface area contributed by atoms with Gasteiger partial charge >= 0.3 is 0 Å². The Labute approximate surface area is 114 Å². The second kappa shape index (κ2) is 5.92. The van der Waals surface area contributed by atoms with Gasteiger partial charge in [0.25, 0.3) is 0 Å². The van der Waals surface area contributed by atoms with E-state index in [2.05, 4.69) is 0 Å². The maximum atomic E-state index is 12.1. The van der Waals surface area contributed by atoms with Crippen molar-refractivity contribution < 1.29 is 13.2 Å². The normalized spacial score (nSPS) is 23.0. The summed E-state index contributed by atoms with van der Waals surface area (Å²) in [7, 11) is -3.11. The molecule has 0 aromatic carbocycles. The zero-order valence-electron chi connectivity index (χ0n) is 11.6. The first-order valence-electron chi connectivity index (χ1n) is 6.25. The van der Waals surface area contributed by atoms with Crippen molar-refractivity contribution in [2.24, 2.45) is 5.41 Å². The molecular weight excluding hydrogens is 270 g/mol. The van der Waals surface area contributed by atoms with Crippen molar-refractivity contribution in [1.82, 2.24) is 4.90 Å². The Bertz CT molecular complexity index is 398. The lowest BCUT2D eigenvalue weighted by Gasteiger charge is -2.35. The maximum absolute atomic E-state index is 12.1. The Balaban J connectivity index is 2.82. The summed E-state index contributed by atoms with van der Waals surface area (Å²) in [6.45, 7) is 8.20. The highest BCUT2D eigenvalue weighted by Gasteiger charge is 2.35. The number of hydrogen-bond acceptors (Lipinski definition) is 5. The van der Waals surface area contributed by atoms with Gasteiger partial charge < -0.3 is 0 Å². The van der Waals surface area contributed by atoms with Crippen molar-refractivity contribution in [2.75, 3.05) is 30.3 Å². The molecule has 0 amide bonds. The smallest absolute Gasteiger partial charge is 0.166 e. The van der Waals surface area contributed by atoms with E-state index in [4.69, 9.17) is 0 Å². The van der Waals surface area contributed by atoms with Crippen LogP contribution in [-0.2, 0) is 14.6 Å². The zero-order chi connectivity index (χ0) is 14.0. The molecule has 0 aliphatic carbocycles. The number of hydrogen-bond donors (Lipinski definition) is 0. The van der Waals surface area contributed by atoms with E-state index in [1.54, 1.807) is 18.7 Å². The molecule has 1 unspecified atom stereocenters. The lowest BCUT2D eigenvalue weighted by molar-refractivity contribution is -0.127. The molecule has 0 aromatic heterocycles. The molecule has 1 atom stereocenters. The van der Waals surface area contributed by atoms with E-state index in [0.717, 1.165) is 5.75 Å². The van der Waals surface area contributed by atoms with E-state index < -0.39 is 20.6 Å². The highest BCUT2D eigenvalue weighted by molar-refractivity contribution is 8.01. The van der Waals surface area contributed by atoms with Gasteiger partial charge in [-0.3, -0.25) is 9.69 Å². The molecule has 1 fully saturated rings. The van der Waals surface area contributed by atoms with Gasteiger partial charge in [-0.2, -0.15) is 11.8 Å². The third-order valence-electron chi connectivity index (χ3n) is 3.19. The van der Waals surface area contributed by atoms with Gasteiger partial charge in [0, 0.05) is 29.2 Å². The summed E-state index contributed by atoms with van der Waals surface area (Å²) in [6, 6.07) is 0. The Kier molecular flexibility index (Phi) is 5.26. The van der Waals surface area contributed by atoms with Crippen LogP contribution in [0.5, 0.6) is 0 Å². The first kappa shape index (κ1) is 16.0. The summed E-state index contributed by atoms with van der Waals surface area (Å²) in [5.41, 5.74) is -0.412. The summed E-state index contributed by atoms with van der Waals surface area (Å²) in [5.74, 6) is 1.71. The second-order valence-corrected chi connectivity index (χ2v) is 9.22. The second-order valence-electron chi connectivity index (χ2n) is 5.62. The third-order valence-corrected chi connectivity index (χ3v) is 6.52. The van der Waals surface area contributed by atoms with Gasteiger partial charge in [0.1, 0.15) is 5.37 Å². The molecule has 0 N–H and O–H groups in total. The van der Waals surface area contributed by atoms with Crippen molar-refractivity contribution in [2.45, 2.75) is 33.1 Å². The van der Waals surface area contributed by atoms with Crippen LogP contribution >= 0.6 is 11.8 Å². The van der Waals surface area contributed by atoms with Crippen LogP contribution in [0.2, 0.25) is 0 Å². The summed E-state index contributed by atoms with van der Waals surface area (Å²) >= 11 is 1.65. The summed E-state index contributed by atoms with van der Waals surface area (Å²) in [6.07, 6.45) is 0. The molecule has 0 radical (unpaired) electrons. The van der Waals surface area contributed by atoms with Gasteiger partial charge in [-0.25, -0.2) is 8.42 Å². The minimum Gasteiger partial charge on any atom is -0.298 e. The Morgan fingerprint density at radius 1 is 1.39 bits per heavy atom. The van der Waals surface area contributed by atoms with Crippen LogP contribution in [0.3, 0.4) is 0 Å². The van der Waals surface area contributed by atoms with Crippen molar-refractivity contribution in [1.29, 1.82) is 0 Å². The Morgan fingerprint density at radius 2 is 2.00 bits per heavy atom. The predicted octanol–water partition coefficient (Wildman–Crippen LogP) is 1.41. The Morgan fingerprint density at radius 3 is 2.50 bits per heavy atom. The molecule has 0 spiro atoms. The Hall–Kier alpha value is -0.0700. The first-order chi connectivity index (χ1) is 8.18. The monoisotopic (exact) mass is 293 g/mol. The van der Waals surface area contributed by atoms with Gasteiger partial charge in [-0.15, -0.1) is 0 Å². The molecular formula is C12H23NO3S2. The fourth-order valence-electron chi connectivity index (χ4n) is 1.74. The van der Waals surface area contributed by atoms with E-state index in [9.17, 15) is 13.2 Å². The van der Waals surface area contributed by atoms with Crippen LogP contribution < -0.4 is 0 Å². The fraction of sp³-hybridized carbons (Fsp3) is 0.917. The number of carbonyl (C=O) groups is 1. The van der Waals surface area contributed by atoms with E-state index in [0.29, 0.717) is 12.3 Å². The molecule has 1 rings (SSSR count). The molecule has 1 aliphatic heterocycles. The zero-order valence-corrected chi connectivity index (χ0v) is 13.2. The number of ketones is 1. The highest BCUT2D eigenvalue weighted by atomic mass is 32.2. The van der Waals surface area contributed by atoms with Crippen LogP contribution in [0.4, 0.5) is 0 Å². The molecule has 1 aliphatic rings. The van der Waals surface area contributed by atoms with Gasteiger partial charge in [-0.1, -0.05) is 27.7 Å². The molecule has 0 saturated carbocycles. The van der Waals surface area contributed by atoms with E-state index in [-0.39, 0.29) is 18.1 Å². The van der Waals surface area contributed by atoms with Crippen LogP contribution in [0.1, 0.15) is 27.7 Å². The lowest BCUT2D eigenvalue weighted by Crippen LogP contribution is -2.51. The molecule has 1 saturated heterocycles. The average molecular weight is 293 g/mol. The van der Waals surface area contributed by atoms with Crippen LogP contribution in [0, 0.1) is 5.41 Å². The number of carbonyl (C=O) groups excluding carboxylic acids is 1. The van der Waals surface area contributed by atoms with E-state index in [1.807, 2.05) is 25.7 Å². The molecule has 0 bridgehead atoms. The fourth-order valence-corrected chi connectivity index (χ4v) is 4.82. The van der Waals surface area contributed by atoms with Crippen molar-refractivity contribution in [3.63, 3.8) is 0 Å². The number of sulfone groups is 1. The topological polar surface area (TPSA) is 54.5 Å². The first-order valence-corrected chi connectivity index (χ1v) is 9.12. The molecule has 4 nitrogen and oxygen atoms in total. The summed E-state index contributed by atoms with van der Waals surface area (Å²) in [4.78, 5) is 13.9. The van der Waals surface area contributed by atoms with E-state index in [1.165, 1.54) is 0 Å². The van der Waals surface area contributed by atoms with Crippen molar-refractivity contribution >= 4 is 27.4 Å². The van der Waals surface area contributed by atoms with Crippen molar-refractivity contribution in [3.8, 4) is 0 Å². The summed E-state index contributed by atoms with van der Waals surface area (Å²) in [5, 5.41) is -0.493. The molecule has 106 valence electrons. The number of nitrogens with zero attached hydrogens (tertiary/aromatic N) is 1. The van der Waals surface area contributed by atoms with Crippen LogP contribution in [0.25, 0.3) is 0 Å². The largest absolute Gasteiger partial charge is 0.298 e. The van der Waals surface area contributed by atoms with Gasteiger partial charge in [0.15, 0.2) is 15.6 Å². The SMILES string of the molecule is CCS(=O)(=O)C1CSCCN1CC(=O)C(C)(C)C. The van der Waals surface area contributed by atoms with E-state index >= 15 is 0 Å². The van der Waals surface area contributed by atoms with Gasteiger partial charge in [0.05, 0.1) is 6.54 Å². The molecule has 0 aromatic rings. The van der Waals surface area contributed by atoms with Crippen LogP contribution in [0.15, 0.2) is 0 Å². The average Bonchev–Trinajstić information content (AvgIpc) is 2.28. The standard InChI is InChI=1S/C12H23NO3S2/c1-5-18(15,16)11-9-17-7-6-13(11)8-10(14)12(2,3)4/h11H,5-9H2,1-4H3. The lowest BCUT2D eigenvalue weighted by atomic mass is 9.90. The summed E-state index contributed by atoms with van der Waals surface area (Å²) < 4.78 is 24.1. The highest BCUT2D eigenvalue weighted by Crippen LogP contribution is 2.23. The maximum Gasteiger partial charge on any atom is 0.166 e. The predicted molar refractivity (Wildman–Crippen MR) is 76.6 cm³/mol. The molecule has 18 heavy (non-hydrogen) atoms. The number of Topliss-reactive ketones (excluding diaryl/α,β-unsaturated/α-hetero) is 1.